The van der Waals surface area contributed by atoms with Crippen LogP contribution in [0.4, 0.5) is 11.4 Å². The van der Waals surface area contributed by atoms with Crippen molar-refractivity contribution in [3.63, 3.8) is 0 Å². The molecule has 0 aliphatic rings. The second kappa shape index (κ2) is 7.89. The first-order chi connectivity index (χ1) is 9.00. The molecule has 0 atom stereocenters. The monoisotopic (exact) mass is 266 g/mol. The molecule has 0 spiro atoms. The number of nitrogen functional groups attached to an aromatic ring is 1. The molecule has 0 aliphatic carbocycles. The molecule has 1 rings (SSSR count). The number of hydrogen-bond acceptors (Lipinski definition) is 4. The van der Waals surface area contributed by atoms with Crippen molar-refractivity contribution in [2.75, 3.05) is 44.5 Å². The lowest BCUT2D eigenvalue weighted by Gasteiger charge is -2.16. The largest absolute Gasteiger partial charge is 0.489 e. The zero-order valence-electron chi connectivity index (χ0n) is 12.5. The molecule has 0 saturated carbocycles. The van der Waals surface area contributed by atoms with E-state index in [0.717, 1.165) is 24.5 Å². The van der Waals surface area contributed by atoms with Gasteiger partial charge in [0.2, 0.25) is 0 Å². The van der Waals surface area contributed by atoms with Gasteiger partial charge in [-0.3, -0.25) is 0 Å². The zero-order valence-corrected chi connectivity index (χ0v) is 12.5. The molecule has 0 radical (unpaired) electrons. The molecule has 4 heteroatoms. The van der Waals surface area contributed by atoms with E-state index in [1.54, 1.807) is 0 Å². The number of hydrogen-bond donors (Lipinski definition) is 1. The molecule has 0 aliphatic heterocycles. The van der Waals surface area contributed by atoms with Crippen molar-refractivity contribution in [3.8, 4) is 5.75 Å². The molecule has 0 fully saturated rings. The molecule has 108 valence electrons. The summed E-state index contributed by atoms with van der Waals surface area (Å²) in [5, 5.41) is 0. The van der Waals surface area contributed by atoms with Gasteiger partial charge in [-0.15, -0.1) is 0 Å². The smallest absolute Gasteiger partial charge is 0.144 e. The summed E-state index contributed by atoms with van der Waals surface area (Å²) in [4.78, 5) is 2.02. The van der Waals surface area contributed by atoms with Gasteiger partial charge in [-0.05, 0) is 24.5 Å². The van der Waals surface area contributed by atoms with Crippen LogP contribution in [0.5, 0.6) is 5.75 Å². The minimum Gasteiger partial charge on any atom is -0.489 e. The second-order valence-corrected chi connectivity index (χ2v) is 5.26. The van der Waals surface area contributed by atoms with Crippen molar-refractivity contribution < 1.29 is 9.47 Å². The summed E-state index contributed by atoms with van der Waals surface area (Å²) in [7, 11) is 3.98. The summed E-state index contributed by atoms with van der Waals surface area (Å²) in [6.07, 6.45) is 1.08. The molecule has 1 aromatic rings. The maximum atomic E-state index is 5.89. The second-order valence-electron chi connectivity index (χ2n) is 5.26. The van der Waals surface area contributed by atoms with Crippen LogP contribution in [0, 0.1) is 5.92 Å². The Labute approximate surface area is 116 Å². The van der Waals surface area contributed by atoms with E-state index in [9.17, 15) is 0 Å². The number of anilines is 2. The Kier molecular flexibility index (Phi) is 6.50. The Bertz CT molecular complexity index is 378. The SMILES string of the molecule is CC(C)CCOCCOc1cc(N(C)C)ccc1N. The standard InChI is InChI=1S/C15H26N2O2/c1-12(2)7-8-18-9-10-19-15-11-13(17(3)4)5-6-14(15)16/h5-6,11-12H,7-10,16H2,1-4H3. The first-order valence-electron chi connectivity index (χ1n) is 6.78. The van der Waals surface area contributed by atoms with Crippen LogP contribution in [0.25, 0.3) is 0 Å². The predicted octanol–water partition coefficient (Wildman–Crippen LogP) is 2.78. The minimum atomic E-state index is 0.527. The fraction of sp³-hybridized carbons (Fsp3) is 0.600. The molecule has 19 heavy (non-hydrogen) atoms. The number of nitrogens with zero attached hydrogens (tertiary/aromatic N) is 1. The number of benzene rings is 1. The molecule has 0 bridgehead atoms. The van der Waals surface area contributed by atoms with Crippen LogP contribution in [0.1, 0.15) is 20.3 Å². The van der Waals surface area contributed by atoms with Crippen LogP contribution in [0.2, 0.25) is 0 Å². The number of rotatable bonds is 8. The lowest BCUT2D eigenvalue weighted by atomic mass is 10.1. The van der Waals surface area contributed by atoms with Crippen molar-refractivity contribution in [1.29, 1.82) is 0 Å². The number of nitrogens with two attached hydrogens (primary N) is 1. The van der Waals surface area contributed by atoms with Gasteiger partial charge in [0.1, 0.15) is 12.4 Å². The van der Waals surface area contributed by atoms with E-state index in [2.05, 4.69) is 13.8 Å². The Balaban J connectivity index is 2.34. The Morgan fingerprint density at radius 2 is 1.89 bits per heavy atom. The molecule has 4 nitrogen and oxygen atoms in total. The van der Waals surface area contributed by atoms with Gasteiger partial charge < -0.3 is 20.1 Å². The normalized spacial score (nSPS) is 10.8. The third kappa shape index (κ3) is 5.83. The van der Waals surface area contributed by atoms with Gasteiger partial charge in [-0.1, -0.05) is 13.8 Å². The Morgan fingerprint density at radius 3 is 2.53 bits per heavy atom. The third-order valence-electron chi connectivity index (χ3n) is 2.84. The van der Waals surface area contributed by atoms with Gasteiger partial charge in [0, 0.05) is 32.5 Å². The van der Waals surface area contributed by atoms with Crippen molar-refractivity contribution in [2.45, 2.75) is 20.3 Å². The van der Waals surface area contributed by atoms with Gasteiger partial charge in [-0.2, -0.15) is 0 Å². The van der Waals surface area contributed by atoms with Gasteiger partial charge in [-0.25, -0.2) is 0 Å². The summed E-state index contributed by atoms with van der Waals surface area (Å²) in [5.74, 6) is 1.40. The highest BCUT2D eigenvalue weighted by atomic mass is 16.5. The zero-order chi connectivity index (χ0) is 14.3. The van der Waals surface area contributed by atoms with Crippen LogP contribution in [-0.4, -0.2) is 33.9 Å². The maximum Gasteiger partial charge on any atom is 0.144 e. The van der Waals surface area contributed by atoms with Crippen LogP contribution in [-0.2, 0) is 4.74 Å². The van der Waals surface area contributed by atoms with Gasteiger partial charge in [0.15, 0.2) is 0 Å². The van der Waals surface area contributed by atoms with Crippen molar-refractivity contribution >= 4 is 11.4 Å². The molecule has 0 saturated heterocycles. The van der Waals surface area contributed by atoms with Crippen LogP contribution in [0.15, 0.2) is 18.2 Å². The van der Waals surface area contributed by atoms with Crippen LogP contribution >= 0.6 is 0 Å². The first kappa shape index (κ1) is 15.6. The first-order valence-corrected chi connectivity index (χ1v) is 6.78. The highest BCUT2D eigenvalue weighted by Crippen LogP contribution is 2.26. The molecule has 1 aromatic carbocycles. The number of ether oxygens (including phenoxy) is 2. The van der Waals surface area contributed by atoms with Crippen molar-refractivity contribution in [3.05, 3.63) is 18.2 Å². The van der Waals surface area contributed by atoms with E-state index in [-0.39, 0.29) is 0 Å². The summed E-state index contributed by atoms with van der Waals surface area (Å²) in [5.41, 5.74) is 7.62. The van der Waals surface area contributed by atoms with E-state index in [1.807, 2.05) is 37.2 Å². The molecule has 0 aromatic heterocycles. The molecule has 0 amide bonds. The average Bonchev–Trinajstić information content (AvgIpc) is 2.34. The summed E-state index contributed by atoms with van der Waals surface area (Å²) in [6, 6.07) is 5.79. The van der Waals surface area contributed by atoms with Gasteiger partial charge >= 0.3 is 0 Å². The van der Waals surface area contributed by atoms with E-state index in [4.69, 9.17) is 15.2 Å². The minimum absolute atomic E-state index is 0.527. The van der Waals surface area contributed by atoms with Gasteiger partial charge in [0.05, 0.1) is 12.3 Å². The van der Waals surface area contributed by atoms with E-state index in [1.165, 1.54) is 0 Å². The van der Waals surface area contributed by atoms with Crippen LogP contribution in [0.3, 0.4) is 0 Å². The highest BCUT2D eigenvalue weighted by molar-refractivity contribution is 5.61. The summed E-state index contributed by atoms with van der Waals surface area (Å²) < 4.78 is 11.2. The quantitative estimate of drug-likeness (QED) is 0.580. The fourth-order valence-electron chi connectivity index (χ4n) is 1.56. The highest BCUT2D eigenvalue weighted by Gasteiger charge is 2.04. The summed E-state index contributed by atoms with van der Waals surface area (Å²) in [6.45, 7) is 6.28. The van der Waals surface area contributed by atoms with Gasteiger partial charge in [0.25, 0.3) is 0 Å². The maximum absolute atomic E-state index is 5.89. The Hall–Kier alpha value is -1.42. The summed E-state index contributed by atoms with van der Waals surface area (Å²) >= 11 is 0. The van der Waals surface area contributed by atoms with Crippen molar-refractivity contribution in [2.24, 2.45) is 5.92 Å². The fourth-order valence-corrected chi connectivity index (χ4v) is 1.56. The molecule has 0 unspecified atom stereocenters. The lowest BCUT2D eigenvalue weighted by Crippen LogP contribution is -2.11. The topological polar surface area (TPSA) is 47.7 Å². The van der Waals surface area contributed by atoms with Crippen LogP contribution < -0.4 is 15.4 Å². The predicted molar refractivity (Wildman–Crippen MR) is 81.0 cm³/mol. The molecule has 2 N–H and O–H groups in total. The Morgan fingerprint density at radius 1 is 1.16 bits per heavy atom. The molecular formula is C15H26N2O2. The van der Waals surface area contributed by atoms with E-state index >= 15 is 0 Å². The van der Waals surface area contributed by atoms with E-state index in [0.29, 0.717) is 24.8 Å². The third-order valence-corrected chi connectivity index (χ3v) is 2.84. The lowest BCUT2D eigenvalue weighted by molar-refractivity contribution is 0.0928. The average molecular weight is 266 g/mol. The van der Waals surface area contributed by atoms with E-state index < -0.39 is 0 Å². The molecular weight excluding hydrogens is 240 g/mol. The molecule has 0 heterocycles. The van der Waals surface area contributed by atoms with Crippen molar-refractivity contribution in [1.82, 2.24) is 0 Å².